The van der Waals surface area contributed by atoms with E-state index >= 15 is 0 Å². The van der Waals surface area contributed by atoms with Crippen molar-refractivity contribution in [2.75, 3.05) is 26.1 Å². The van der Waals surface area contributed by atoms with Crippen LogP contribution in [0.15, 0.2) is 39.9 Å². The molecule has 0 bridgehead atoms. The molecule has 1 N–H and O–H groups in total. The highest BCUT2D eigenvalue weighted by Crippen LogP contribution is 2.31. The van der Waals surface area contributed by atoms with Gasteiger partial charge in [-0.05, 0) is 36.4 Å². The number of nitrogens with zero attached hydrogens (tertiary/aromatic N) is 1. The summed E-state index contributed by atoms with van der Waals surface area (Å²) in [4.78, 5) is 12.6. The Balaban J connectivity index is 1.73. The Labute approximate surface area is 169 Å². The summed E-state index contributed by atoms with van der Waals surface area (Å²) in [6, 6.07) is 8.09. The highest BCUT2D eigenvalue weighted by molar-refractivity contribution is 7.91. The van der Waals surface area contributed by atoms with Crippen LogP contribution in [0.2, 0.25) is 0 Å². The summed E-state index contributed by atoms with van der Waals surface area (Å²) in [5, 5.41) is 4.57. The predicted octanol–water partition coefficient (Wildman–Crippen LogP) is 3.34. The lowest BCUT2D eigenvalue weighted by Gasteiger charge is -2.34. The minimum atomic E-state index is -3.58. The van der Waals surface area contributed by atoms with Gasteiger partial charge >= 0.3 is 0 Å². The lowest BCUT2D eigenvalue weighted by Crippen LogP contribution is -2.45. The van der Waals surface area contributed by atoms with Crippen LogP contribution in [0, 0.1) is 0 Å². The summed E-state index contributed by atoms with van der Waals surface area (Å²) in [5.74, 6) is 0.858. The van der Waals surface area contributed by atoms with Gasteiger partial charge in [0.2, 0.25) is 5.91 Å². The van der Waals surface area contributed by atoms with Gasteiger partial charge in [-0.15, -0.1) is 11.3 Å². The van der Waals surface area contributed by atoms with Gasteiger partial charge in [-0.2, -0.15) is 4.31 Å². The van der Waals surface area contributed by atoms with Gasteiger partial charge in [-0.3, -0.25) is 4.79 Å². The predicted molar refractivity (Wildman–Crippen MR) is 109 cm³/mol. The molecule has 0 radical (unpaired) electrons. The first-order chi connectivity index (χ1) is 13.5. The molecule has 0 saturated carbocycles. The normalized spacial score (nSPS) is 17.9. The number of hydrogen-bond acceptors (Lipinski definition) is 6. The zero-order chi connectivity index (χ0) is 20.1. The summed E-state index contributed by atoms with van der Waals surface area (Å²) < 4.78 is 38.1. The lowest BCUT2D eigenvalue weighted by atomic mass is 10.0. The van der Waals surface area contributed by atoms with Crippen LogP contribution in [-0.4, -0.2) is 45.4 Å². The Morgan fingerprint density at radius 2 is 2.07 bits per heavy atom. The Hall–Kier alpha value is -2.10. The molecule has 0 aliphatic carbocycles. The molecule has 0 spiro atoms. The number of nitrogens with one attached hydrogen (secondary N) is 1. The maximum Gasteiger partial charge on any atom is 0.252 e. The van der Waals surface area contributed by atoms with Crippen molar-refractivity contribution in [2.45, 2.75) is 35.9 Å². The molecule has 7 nitrogen and oxygen atoms in total. The summed E-state index contributed by atoms with van der Waals surface area (Å²) in [6.07, 6.45) is 2.47. The van der Waals surface area contributed by atoms with E-state index in [2.05, 4.69) is 5.32 Å². The van der Waals surface area contributed by atoms with Crippen molar-refractivity contribution >= 4 is 33.0 Å². The monoisotopic (exact) mass is 424 g/mol. The maximum absolute atomic E-state index is 12.9. The minimum absolute atomic E-state index is 0.0970. The molecule has 1 amide bonds. The zero-order valence-electron chi connectivity index (χ0n) is 15.9. The van der Waals surface area contributed by atoms with E-state index in [1.807, 2.05) is 0 Å². The standard InChI is InChI=1S/C19H24N2O5S2/c1-25-15-8-9-16(17(13-15)26-2)20-18(22)12-14-6-3-4-10-21(14)28(23,24)19-7-5-11-27-19/h5,7-9,11,13-14H,3-4,6,10,12H2,1-2H3,(H,20,22). The first-order valence-corrected chi connectivity index (χ1v) is 11.3. The molecule has 1 aromatic heterocycles. The van der Waals surface area contributed by atoms with Gasteiger partial charge in [0.05, 0.1) is 19.9 Å². The lowest BCUT2D eigenvalue weighted by molar-refractivity contribution is -0.117. The zero-order valence-corrected chi connectivity index (χ0v) is 17.5. The van der Waals surface area contributed by atoms with Crippen LogP contribution in [-0.2, 0) is 14.8 Å². The second-order valence-electron chi connectivity index (χ2n) is 6.52. The summed E-state index contributed by atoms with van der Waals surface area (Å²) in [7, 11) is -0.508. The average molecular weight is 425 g/mol. The number of carbonyl (C=O) groups is 1. The molecule has 9 heteroatoms. The van der Waals surface area contributed by atoms with E-state index in [-0.39, 0.29) is 18.4 Å². The molecule has 1 aliphatic rings. The Kier molecular flexibility index (Phi) is 6.58. The number of hydrogen-bond donors (Lipinski definition) is 1. The molecule has 1 aliphatic heterocycles. The molecule has 28 heavy (non-hydrogen) atoms. The number of sulfonamides is 1. The Morgan fingerprint density at radius 1 is 1.25 bits per heavy atom. The van der Waals surface area contributed by atoms with Crippen LogP contribution in [0.5, 0.6) is 11.5 Å². The van der Waals surface area contributed by atoms with Gasteiger partial charge in [0, 0.05) is 25.1 Å². The first kappa shape index (κ1) is 20.6. The molecule has 1 atom stereocenters. The molecule has 1 fully saturated rings. The quantitative estimate of drug-likeness (QED) is 0.737. The molecular weight excluding hydrogens is 400 g/mol. The van der Waals surface area contributed by atoms with Gasteiger partial charge < -0.3 is 14.8 Å². The number of piperidine rings is 1. The summed E-state index contributed by atoms with van der Waals surface area (Å²) >= 11 is 1.20. The van der Waals surface area contributed by atoms with Crippen molar-refractivity contribution in [1.82, 2.24) is 4.31 Å². The number of rotatable bonds is 7. The molecule has 1 aromatic carbocycles. The van der Waals surface area contributed by atoms with Crippen LogP contribution in [0.25, 0.3) is 0 Å². The molecule has 2 aromatic rings. The molecular formula is C19H24N2O5S2. The summed E-state index contributed by atoms with van der Waals surface area (Å²) in [5.41, 5.74) is 0.525. The van der Waals surface area contributed by atoms with Gasteiger partial charge in [0.15, 0.2) is 0 Å². The van der Waals surface area contributed by atoms with E-state index in [9.17, 15) is 13.2 Å². The Morgan fingerprint density at radius 3 is 2.75 bits per heavy atom. The third-order valence-corrected chi connectivity index (χ3v) is 8.06. The maximum atomic E-state index is 12.9. The van der Waals surface area contributed by atoms with Crippen molar-refractivity contribution in [2.24, 2.45) is 0 Å². The van der Waals surface area contributed by atoms with Gasteiger partial charge in [-0.1, -0.05) is 12.5 Å². The fourth-order valence-electron chi connectivity index (χ4n) is 3.34. The van der Waals surface area contributed by atoms with E-state index in [1.54, 1.807) is 42.8 Å². The van der Waals surface area contributed by atoms with Crippen molar-refractivity contribution < 1.29 is 22.7 Å². The number of carbonyl (C=O) groups excluding carboxylic acids is 1. The smallest absolute Gasteiger partial charge is 0.252 e. The van der Waals surface area contributed by atoms with Gasteiger partial charge in [0.1, 0.15) is 15.7 Å². The third kappa shape index (κ3) is 4.48. The highest BCUT2D eigenvalue weighted by atomic mass is 32.2. The molecule has 1 unspecified atom stereocenters. The second kappa shape index (κ2) is 8.93. The van der Waals surface area contributed by atoms with E-state index in [0.717, 1.165) is 12.8 Å². The number of anilines is 1. The summed E-state index contributed by atoms with van der Waals surface area (Å²) in [6.45, 7) is 0.435. The molecule has 2 heterocycles. The number of benzene rings is 1. The van der Waals surface area contributed by atoms with Crippen molar-refractivity contribution in [3.8, 4) is 11.5 Å². The van der Waals surface area contributed by atoms with Gasteiger partial charge in [0.25, 0.3) is 10.0 Å². The largest absolute Gasteiger partial charge is 0.497 e. The minimum Gasteiger partial charge on any atom is -0.497 e. The van der Waals surface area contributed by atoms with Crippen LogP contribution < -0.4 is 14.8 Å². The first-order valence-electron chi connectivity index (χ1n) is 9.03. The van der Waals surface area contributed by atoms with E-state index in [1.165, 1.54) is 22.8 Å². The number of amides is 1. The highest BCUT2D eigenvalue weighted by Gasteiger charge is 2.35. The van der Waals surface area contributed by atoms with E-state index in [4.69, 9.17) is 9.47 Å². The van der Waals surface area contributed by atoms with Crippen LogP contribution in [0.4, 0.5) is 5.69 Å². The topological polar surface area (TPSA) is 84.9 Å². The van der Waals surface area contributed by atoms with Crippen molar-refractivity contribution in [1.29, 1.82) is 0 Å². The number of methoxy groups -OCH3 is 2. The third-order valence-electron chi connectivity index (χ3n) is 4.73. The van der Waals surface area contributed by atoms with E-state index < -0.39 is 10.0 Å². The van der Waals surface area contributed by atoms with Crippen molar-refractivity contribution in [3.63, 3.8) is 0 Å². The fourth-order valence-corrected chi connectivity index (χ4v) is 6.15. The van der Waals surface area contributed by atoms with Crippen LogP contribution >= 0.6 is 11.3 Å². The molecule has 152 valence electrons. The molecule has 1 saturated heterocycles. The van der Waals surface area contributed by atoms with Crippen LogP contribution in [0.3, 0.4) is 0 Å². The number of thiophene rings is 1. The fraction of sp³-hybridized carbons (Fsp3) is 0.421. The molecule has 3 rings (SSSR count). The Bertz CT molecular complexity index is 912. The van der Waals surface area contributed by atoms with Gasteiger partial charge in [-0.25, -0.2) is 8.42 Å². The number of ether oxygens (including phenoxy) is 2. The van der Waals surface area contributed by atoms with Crippen molar-refractivity contribution in [3.05, 3.63) is 35.7 Å². The average Bonchev–Trinajstić information content (AvgIpc) is 3.24. The van der Waals surface area contributed by atoms with Crippen LogP contribution in [0.1, 0.15) is 25.7 Å². The SMILES string of the molecule is COc1ccc(NC(=O)CC2CCCCN2S(=O)(=O)c2cccs2)c(OC)c1. The van der Waals surface area contributed by atoms with E-state index in [0.29, 0.717) is 34.4 Å². The second-order valence-corrected chi connectivity index (χ2v) is 9.58.